The van der Waals surface area contributed by atoms with Crippen molar-refractivity contribution in [2.45, 2.75) is 116 Å². The first kappa shape index (κ1) is 51.8. The van der Waals surface area contributed by atoms with Crippen molar-refractivity contribution in [3.63, 3.8) is 0 Å². The van der Waals surface area contributed by atoms with Crippen LogP contribution in [0.25, 0.3) is 4.85 Å². The molecule has 2 N–H and O–H groups in total. The van der Waals surface area contributed by atoms with E-state index in [-0.39, 0.29) is 80.0 Å². The van der Waals surface area contributed by atoms with Gasteiger partial charge in [0.15, 0.2) is 12.5 Å². The molecule has 24 heteroatoms. The van der Waals surface area contributed by atoms with Crippen LogP contribution in [0.15, 0.2) is 55.8 Å². The molecule has 366 valence electrons. The van der Waals surface area contributed by atoms with Crippen LogP contribution in [0, 0.1) is 20.4 Å². The molecule has 21 nitrogen and oxygen atoms in total. The molecule has 0 saturated carbocycles. The molecule has 1 aromatic carbocycles. The molecule has 10 atom stereocenters. The lowest BCUT2D eigenvalue weighted by Gasteiger charge is -2.38. The molecule has 0 aliphatic carbocycles. The van der Waals surface area contributed by atoms with Gasteiger partial charge in [0, 0.05) is 51.2 Å². The smallest absolute Gasteiger partial charge is 0.379 e. The highest BCUT2D eigenvalue weighted by Gasteiger charge is 2.53. The van der Waals surface area contributed by atoms with Crippen molar-refractivity contribution in [3.8, 4) is 5.75 Å². The van der Waals surface area contributed by atoms with E-state index < -0.39 is 101 Å². The number of benzene rings is 1. The Balaban J connectivity index is 1.61. The lowest BCUT2D eigenvalue weighted by atomic mass is 10.1. The zero-order chi connectivity index (χ0) is 49.0. The molecule has 0 spiro atoms. The molecule has 2 aliphatic heterocycles. The van der Waals surface area contributed by atoms with E-state index >= 15 is 4.57 Å². The largest absolute Gasteiger partial charge is 0.423 e. The van der Waals surface area contributed by atoms with Crippen LogP contribution in [-0.2, 0) is 46.6 Å². The van der Waals surface area contributed by atoms with Gasteiger partial charge < -0.3 is 46.8 Å². The lowest BCUT2D eigenvalue weighted by Crippen LogP contribution is -2.42. The van der Waals surface area contributed by atoms with Crippen LogP contribution in [0.3, 0.4) is 0 Å². The summed E-state index contributed by atoms with van der Waals surface area (Å²) in [7, 11) is -3.52. The van der Waals surface area contributed by atoms with Crippen LogP contribution in [0.4, 0.5) is 0 Å². The standard InChI is InChI=1S/C42H61ClN6O15P2/c1-25(2)49(26(3)4)65(59-17-16-44-8)62-34-32(61-40(36(34)58-21-19-56-10)48-24-28(6)38(51)46-42(48)53)15-22-66(54,63-31-14-12-11-13-30(31)43)64-33-29(7)60-39(35(33)57-20-18-55-9)47-23-27(5)37(50)45-41(47)52/h11-14,23-26,29,32-36,39-40H,15-22H2,1-7,9-10H3,(H,45,50,52)(H,46,51,53)/t29-,32-,33-,34-,35-,36-,39-,40-,65?,66?/m1/s1/i7D. The Labute approximate surface area is 390 Å². The number of ether oxygens (including phenoxy) is 6. The van der Waals surface area contributed by atoms with Crippen molar-refractivity contribution in [1.82, 2.24) is 23.8 Å². The first-order chi connectivity index (χ1) is 32.0. The molecule has 2 aliphatic rings. The quantitative estimate of drug-likeness (QED) is 0.0651. The molecule has 0 radical (unpaired) electrons. The molecule has 2 saturated heterocycles. The Hall–Kier alpha value is -3.58. The number of aromatic nitrogens is 4. The molecule has 2 unspecified atom stereocenters. The highest BCUT2D eigenvalue weighted by Crippen LogP contribution is 2.56. The molecular weight excluding hydrogens is 926 g/mol. The summed E-state index contributed by atoms with van der Waals surface area (Å²) in [6.07, 6.45) is -7.28. The number of H-pyrrole nitrogens is 2. The van der Waals surface area contributed by atoms with Crippen LogP contribution in [0.5, 0.6) is 5.75 Å². The monoisotopic (exact) mass is 987 g/mol. The number of rotatable bonds is 25. The summed E-state index contributed by atoms with van der Waals surface area (Å²) >= 11 is 6.58. The highest BCUT2D eigenvalue weighted by molar-refractivity contribution is 7.54. The minimum Gasteiger partial charge on any atom is -0.423 e. The second-order valence-corrected chi connectivity index (χ2v) is 19.9. The summed E-state index contributed by atoms with van der Waals surface area (Å²) in [4.78, 5) is 59.7. The van der Waals surface area contributed by atoms with Gasteiger partial charge in [-0.15, -0.1) is 0 Å². The van der Waals surface area contributed by atoms with E-state index in [2.05, 4.69) is 14.8 Å². The Morgan fingerprint density at radius 2 is 1.42 bits per heavy atom. The zero-order valence-corrected chi connectivity index (χ0v) is 40.8. The summed E-state index contributed by atoms with van der Waals surface area (Å²) in [5.74, 6) is 0.00464. The third-order valence-corrected chi connectivity index (χ3v) is 14.8. The molecule has 5 rings (SSSR count). The second-order valence-electron chi connectivity index (χ2n) is 16.0. The van der Waals surface area contributed by atoms with E-state index in [0.29, 0.717) is 0 Å². The summed E-state index contributed by atoms with van der Waals surface area (Å²) in [6.45, 7) is 18.2. The highest BCUT2D eigenvalue weighted by atomic mass is 35.5. The van der Waals surface area contributed by atoms with Crippen LogP contribution in [0.2, 0.25) is 5.02 Å². The average Bonchev–Trinajstić information content (AvgIpc) is 3.79. The van der Waals surface area contributed by atoms with Gasteiger partial charge in [-0.25, -0.2) is 25.4 Å². The molecule has 2 fully saturated rings. The fraction of sp³-hybridized carbons (Fsp3) is 0.643. The van der Waals surface area contributed by atoms with E-state index in [9.17, 15) is 19.2 Å². The number of methoxy groups -OCH3 is 2. The third-order valence-electron chi connectivity index (χ3n) is 10.5. The number of aromatic amines is 2. The van der Waals surface area contributed by atoms with E-state index in [1.54, 1.807) is 12.1 Å². The second kappa shape index (κ2) is 24.6. The van der Waals surface area contributed by atoms with Gasteiger partial charge in [-0.1, -0.05) is 23.7 Å². The van der Waals surface area contributed by atoms with Gasteiger partial charge in [-0.2, -0.15) is 0 Å². The van der Waals surface area contributed by atoms with E-state index in [1.807, 2.05) is 32.4 Å². The zero-order valence-electron chi connectivity index (χ0n) is 39.3. The van der Waals surface area contributed by atoms with Crippen molar-refractivity contribution in [3.05, 3.63) is 106 Å². The van der Waals surface area contributed by atoms with Crippen molar-refractivity contribution in [1.29, 1.82) is 0 Å². The molecular formula is C42H61ClN6O15P2. The maximum atomic E-state index is 15.7. The fourth-order valence-electron chi connectivity index (χ4n) is 7.44. The minimum absolute atomic E-state index is 0.00464. The van der Waals surface area contributed by atoms with Crippen molar-refractivity contribution < 1.29 is 52.5 Å². The summed E-state index contributed by atoms with van der Waals surface area (Å²) < 4.78 is 90.6. The Bertz CT molecular complexity index is 2410. The van der Waals surface area contributed by atoms with Crippen molar-refractivity contribution >= 4 is 27.7 Å². The van der Waals surface area contributed by atoms with Gasteiger partial charge in [0.1, 0.15) is 36.8 Å². The number of nitrogens with one attached hydrogen (secondary N) is 2. The maximum Gasteiger partial charge on any atom is 0.379 e. The van der Waals surface area contributed by atoms with Crippen LogP contribution >= 0.6 is 27.7 Å². The topological polar surface area (TPSA) is 227 Å². The third kappa shape index (κ3) is 13.3. The lowest BCUT2D eigenvalue weighted by molar-refractivity contribution is -0.0789. The predicted octanol–water partition coefficient (Wildman–Crippen LogP) is 4.95. The number of aryl methyl sites for hydroxylation is 2. The first-order valence-corrected chi connectivity index (χ1v) is 24.6. The number of para-hydroxylation sites is 1. The minimum atomic E-state index is -4.52. The Morgan fingerprint density at radius 3 is 1.95 bits per heavy atom. The Morgan fingerprint density at radius 1 is 0.864 bits per heavy atom. The molecule has 66 heavy (non-hydrogen) atoms. The van der Waals surface area contributed by atoms with E-state index in [1.165, 1.54) is 57.2 Å². The van der Waals surface area contributed by atoms with Gasteiger partial charge in [-0.3, -0.25) is 33.2 Å². The van der Waals surface area contributed by atoms with Crippen LogP contribution < -0.4 is 27.0 Å². The molecule has 0 amide bonds. The van der Waals surface area contributed by atoms with Crippen LogP contribution in [0.1, 0.15) is 66.0 Å². The molecule has 0 bridgehead atoms. The summed E-state index contributed by atoms with van der Waals surface area (Å²) in [6, 6.07) is 6.11. The molecule has 3 aromatic rings. The van der Waals surface area contributed by atoms with Gasteiger partial charge in [-0.05, 0) is 67.0 Å². The first-order valence-electron chi connectivity index (χ1n) is 22.1. The van der Waals surface area contributed by atoms with E-state index in [4.69, 9.17) is 66.1 Å². The summed E-state index contributed by atoms with van der Waals surface area (Å²) in [5, 5.41) is 0.106. The van der Waals surface area contributed by atoms with E-state index in [0.717, 1.165) is 4.57 Å². The van der Waals surface area contributed by atoms with Gasteiger partial charge in [0.05, 0.1) is 49.8 Å². The van der Waals surface area contributed by atoms with Gasteiger partial charge in [0.2, 0.25) is 6.54 Å². The predicted molar refractivity (Wildman–Crippen MR) is 244 cm³/mol. The normalized spacial score (nSPS) is 24.7. The maximum absolute atomic E-state index is 15.7. The van der Waals surface area contributed by atoms with Crippen LogP contribution in [-0.4, -0.2) is 132 Å². The number of hydrogen-bond donors (Lipinski definition) is 2. The summed E-state index contributed by atoms with van der Waals surface area (Å²) in [5.41, 5.74) is -2.39. The number of nitrogens with zero attached hydrogens (tertiary/aromatic N) is 4. The molecule has 4 heterocycles. The Kier molecular flexibility index (Phi) is 19.3. The fourth-order valence-corrected chi connectivity index (χ4v) is 11.3. The SMILES string of the molecule is [2H]C[C@H]1O[C@@H](n2cc(C)c(=O)[nH]c2=O)[C@H](OCCOC)[C@@H]1OP(=O)(CC[C@H]1O[C@@H](n2cc(C)c(=O)[nH]c2=O)[C@H](OCCOC)[C@@H]1OP(OCC[N+]#[C-])N(C(C)C)C(C)C)Oc1ccccc1Cl. The van der Waals surface area contributed by atoms with Gasteiger partial charge in [0.25, 0.3) is 19.6 Å². The van der Waals surface area contributed by atoms with Crippen molar-refractivity contribution in [2.24, 2.45) is 0 Å². The molecule has 2 aromatic heterocycles. The van der Waals surface area contributed by atoms with Gasteiger partial charge >= 0.3 is 19.0 Å². The average molecular weight is 988 g/mol. The number of hydrogen-bond acceptors (Lipinski definition) is 16. The van der Waals surface area contributed by atoms with Crippen molar-refractivity contribution in [2.75, 3.05) is 60.0 Å². The number of halogens is 1.